The van der Waals surface area contributed by atoms with Crippen LogP contribution in [0.15, 0.2) is 18.2 Å². The van der Waals surface area contributed by atoms with Gasteiger partial charge in [0.05, 0.1) is 6.10 Å². The molecule has 0 aromatic heterocycles. The van der Waals surface area contributed by atoms with Crippen LogP contribution in [0.4, 0.5) is 4.39 Å². The van der Waals surface area contributed by atoms with Crippen molar-refractivity contribution < 1.29 is 8.82 Å². The highest BCUT2D eigenvalue weighted by molar-refractivity contribution is 6.73. The molecule has 0 bridgehead atoms. The third-order valence-corrected chi connectivity index (χ3v) is 9.83. The van der Waals surface area contributed by atoms with Crippen LogP contribution in [0, 0.1) is 0 Å². The van der Waals surface area contributed by atoms with E-state index in [-0.39, 0.29) is 12.6 Å². The summed E-state index contributed by atoms with van der Waals surface area (Å²) >= 11 is 12.8. The van der Waals surface area contributed by atoms with Gasteiger partial charge in [0.25, 0.3) is 0 Å². The predicted octanol–water partition coefficient (Wildman–Crippen LogP) is 6.39. The van der Waals surface area contributed by atoms with Crippen molar-refractivity contribution in [2.24, 2.45) is 0 Å². The Morgan fingerprint density at radius 1 is 1.12 bits per heavy atom. The second kappa shape index (κ2) is 9.53. The summed E-state index contributed by atoms with van der Waals surface area (Å²) in [4.78, 5) is 0. The van der Waals surface area contributed by atoms with Crippen molar-refractivity contribution in [1.82, 2.24) is 5.32 Å². The highest BCUT2D eigenvalue weighted by Gasteiger charge is 2.34. The first-order valence-corrected chi connectivity index (χ1v) is 12.0. The summed E-state index contributed by atoms with van der Waals surface area (Å²) in [7, 11) is -1.86. The van der Waals surface area contributed by atoms with Crippen LogP contribution >= 0.6 is 23.2 Å². The number of alkyl halides is 1. The summed E-state index contributed by atoms with van der Waals surface area (Å²) in [5, 5.41) is 4.37. The third-order valence-electron chi connectivity index (χ3n) is 4.52. The largest absolute Gasteiger partial charge is 0.409 e. The lowest BCUT2D eigenvalue weighted by atomic mass is 10.1. The minimum atomic E-state index is -1.86. The molecule has 138 valence electrons. The Kier molecular flexibility index (Phi) is 8.70. The van der Waals surface area contributed by atoms with E-state index in [0.29, 0.717) is 16.6 Å². The molecule has 0 spiro atoms. The number of benzene rings is 1. The highest BCUT2D eigenvalue weighted by Crippen LogP contribution is 2.36. The Labute approximate surface area is 157 Å². The van der Waals surface area contributed by atoms with E-state index in [1.165, 1.54) is 0 Å². The third kappa shape index (κ3) is 6.30. The fourth-order valence-corrected chi connectivity index (χ4v) is 6.27. The quantitative estimate of drug-likeness (QED) is 0.464. The number of rotatable bonds is 10. The molecule has 1 rings (SSSR count). The summed E-state index contributed by atoms with van der Waals surface area (Å²) in [6.07, 6.45) is -0.264. The molecule has 0 saturated heterocycles. The summed E-state index contributed by atoms with van der Waals surface area (Å²) in [6.45, 7) is 10.4. The van der Waals surface area contributed by atoms with E-state index >= 15 is 0 Å². The molecular weight excluding hydrogens is 364 g/mol. The summed E-state index contributed by atoms with van der Waals surface area (Å²) in [5.41, 5.74) is -0.471. The van der Waals surface area contributed by atoms with Gasteiger partial charge in [-0.1, -0.05) is 50.0 Å². The van der Waals surface area contributed by atoms with E-state index < -0.39 is 14.0 Å². The first-order chi connectivity index (χ1) is 11.2. The second-order valence-corrected chi connectivity index (χ2v) is 12.4. The lowest BCUT2D eigenvalue weighted by molar-refractivity contribution is 0.165. The molecule has 0 saturated carbocycles. The predicted molar refractivity (Wildman–Crippen MR) is 106 cm³/mol. The average molecular weight is 394 g/mol. The zero-order chi connectivity index (χ0) is 18.4. The number of halogens is 3. The Balaban J connectivity index is 3.07. The van der Waals surface area contributed by atoms with Crippen LogP contribution in [0.25, 0.3) is 0 Å². The van der Waals surface area contributed by atoms with Crippen LogP contribution in [-0.4, -0.2) is 27.1 Å². The van der Waals surface area contributed by atoms with Crippen LogP contribution < -0.4 is 5.32 Å². The zero-order valence-electron chi connectivity index (χ0n) is 15.4. The number of nitrogens with one attached hydrogen (secondary N) is 1. The van der Waals surface area contributed by atoms with Crippen molar-refractivity contribution in [1.29, 1.82) is 0 Å². The van der Waals surface area contributed by atoms with Crippen LogP contribution in [0.2, 0.25) is 28.2 Å². The summed E-state index contributed by atoms with van der Waals surface area (Å²) in [5.74, 6) is 0. The highest BCUT2D eigenvalue weighted by atomic mass is 35.5. The van der Waals surface area contributed by atoms with Crippen LogP contribution in [0.3, 0.4) is 0 Å². The average Bonchev–Trinajstić information content (AvgIpc) is 2.51. The van der Waals surface area contributed by atoms with E-state index in [0.717, 1.165) is 23.7 Å². The maximum atomic E-state index is 13.8. The van der Waals surface area contributed by atoms with Gasteiger partial charge in [-0.25, -0.2) is 4.39 Å². The first-order valence-electron chi connectivity index (χ1n) is 8.69. The molecule has 1 aromatic carbocycles. The normalized spacial score (nSPS) is 14.0. The fourth-order valence-electron chi connectivity index (χ4n) is 2.82. The molecule has 0 radical (unpaired) electrons. The molecule has 0 aliphatic rings. The molecule has 1 aromatic rings. The van der Waals surface area contributed by atoms with Gasteiger partial charge in [-0.15, -0.1) is 0 Å². The Morgan fingerprint density at radius 3 is 2.04 bits per heavy atom. The molecule has 1 atom stereocenters. The van der Waals surface area contributed by atoms with Gasteiger partial charge in [-0.05, 0) is 44.1 Å². The minimum absolute atomic E-state index is 0.258. The molecule has 1 N–H and O–H groups in total. The Bertz CT molecular complexity index is 490. The van der Waals surface area contributed by atoms with Gasteiger partial charge in [0.1, 0.15) is 5.67 Å². The van der Waals surface area contributed by atoms with E-state index in [1.807, 2.05) is 18.2 Å². The molecule has 0 aliphatic carbocycles. The molecule has 0 fully saturated rings. The van der Waals surface area contributed by atoms with Gasteiger partial charge in [-0.2, -0.15) is 0 Å². The molecule has 24 heavy (non-hydrogen) atoms. The second-order valence-electron chi connectivity index (χ2n) is 6.84. The molecule has 0 aliphatic heterocycles. The molecule has 2 nitrogen and oxygen atoms in total. The van der Waals surface area contributed by atoms with Crippen molar-refractivity contribution in [2.45, 2.75) is 64.5 Å². The molecule has 6 heteroatoms. The van der Waals surface area contributed by atoms with Gasteiger partial charge in [0.15, 0.2) is 8.32 Å². The van der Waals surface area contributed by atoms with E-state index in [1.54, 1.807) is 13.8 Å². The Morgan fingerprint density at radius 2 is 1.62 bits per heavy atom. The van der Waals surface area contributed by atoms with Crippen LogP contribution in [-0.2, 0) is 4.43 Å². The maximum Gasteiger partial charge on any atom is 0.192 e. The van der Waals surface area contributed by atoms with E-state index in [4.69, 9.17) is 27.6 Å². The van der Waals surface area contributed by atoms with Crippen molar-refractivity contribution in [3.05, 3.63) is 33.8 Å². The van der Waals surface area contributed by atoms with Gasteiger partial charge < -0.3 is 9.74 Å². The first kappa shape index (κ1) is 21.9. The van der Waals surface area contributed by atoms with Gasteiger partial charge >= 0.3 is 0 Å². The lowest BCUT2D eigenvalue weighted by Gasteiger charge is -2.34. The van der Waals surface area contributed by atoms with Gasteiger partial charge in [0.2, 0.25) is 0 Å². The van der Waals surface area contributed by atoms with Crippen LogP contribution in [0.5, 0.6) is 0 Å². The van der Waals surface area contributed by atoms with Crippen molar-refractivity contribution in [2.75, 3.05) is 13.1 Å². The maximum absolute atomic E-state index is 13.8. The summed E-state index contributed by atoms with van der Waals surface area (Å²) < 4.78 is 20.4. The minimum Gasteiger partial charge on any atom is -0.409 e. The van der Waals surface area contributed by atoms with Crippen molar-refractivity contribution in [3.63, 3.8) is 0 Å². The van der Waals surface area contributed by atoms with Crippen LogP contribution in [0.1, 0.15) is 46.3 Å². The SMILES string of the molecule is CC[Si](CC)(CC)OC(CNCC(C)(C)F)c1c(Cl)cccc1Cl. The van der Waals surface area contributed by atoms with E-state index in [9.17, 15) is 4.39 Å². The lowest BCUT2D eigenvalue weighted by Crippen LogP contribution is -2.41. The summed E-state index contributed by atoms with van der Waals surface area (Å²) in [6, 6.07) is 8.58. The molecule has 0 heterocycles. The van der Waals surface area contributed by atoms with Gasteiger partial charge in [0, 0.05) is 28.7 Å². The number of hydrogen-bond donors (Lipinski definition) is 1. The van der Waals surface area contributed by atoms with E-state index in [2.05, 4.69) is 26.1 Å². The topological polar surface area (TPSA) is 21.3 Å². The zero-order valence-corrected chi connectivity index (χ0v) is 17.9. The van der Waals surface area contributed by atoms with Crippen molar-refractivity contribution >= 4 is 31.5 Å². The standard InChI is InChI=1S/C18H30Cl2FNOSi/c1-6-24(7-2,8-3)23-16(12-22-13-18(4,5)21)17-14(19)10-9-11-15(17)20/h9-11,16,22H,6-8,12-13H2,1-5H3. The molecule has 0 amide bonds. The fraction of sp³-hybridized carbons (Fsp3) is 0.667. The Hall–Kier alpha value is -0.133. The molecule has 1 unspecified atom stereocenters. The monoisotopic (exact) mass is 393 g/mol. The van der Waals surface area contributed by atoms with Gasteiger partial charge in [-0.3, -0.25) is 0 Å². The smallest absolute Gasteiger partial charge is 0.192 e. The number of hydrogen-bond acceptors (Lipinski definition) is 2. The molecular formula is C18H30Cl2FNOSi. The van der Waals surface area contributed by atoms with Crippen molar-refractivity contribution in [3.8, 4) is 0 Å².